The SMILES string of the molecule is CC(C)(C)OC(=O)N1C2CCCC1CC2.CS(=O)(=O)c1ccc(O)c(F)c1.OC1CCCCC1. The molecule has 194 valence electrons. The molecule has 1 aliphatic carbocycles. The number of aliphatic hydroxyl groups is 1. The highest BCUT2D eigenvalue weighted by atomic mass is 32.2. The molecule has 1 aromatic rings. The second kappa shape index (κ2) is 12.2. The van der Waals surface area contributed by atoms with Crippen molar-refractivity contribution >= 4 is 15.9 Å². The van der Waals surface area contributed by atoms with Crippen molar-refractivity contribution < 1.29 is 32.6 Å². The van der Waals surface area contributed by atoms with Crippen LogP contribution in [0.15, 0.2) is 23.1 Å². The molecular weight excluding hydrogens is 461 g/mol. The number of carbonyl (C=O) groups is 1. The van der Waals surface area contributed by atoms with E-state index in [9.17, 15) is 17.6 Å². The number of nitrogens with zero attached hydrogens (tertiary/aromatic N) is 1. The van der Waals surface area contributed by atoms with Gasteiger partial charge < -0.3 is 19.8 Å². The molecule has 1 saturated carbocycles. The lowest BCUT2D eigenvalue weighted by Crippen LogP contribution is -2.46. The van der Waals surface area contributed by atoms with Crippen LogP contribution < -0.4 is 0 Å². The fourth-order valence-electron chi connectivity index (χ4n) is 4.53. The summed E-state index contributed by atoms with van der Waals surface area (Å²) in [7, 11) is -3.39. The Bertz CT molecular complexity index is 892. The molecule has 34 heavy (non-hydrogen) atoms. The van der Waals surface area contributed by atoms with Gasteiger partial charge >= 0.3 is 6.09 Å². The fraction of sp³-hybridized carbons (Fsp3) is 0.720. The number of hydrogen-bond donors (Lipinski definition) is 2. The van der Waals surface area contributed by atoms with E-state index in [4.69, 9.17) is 14.9 Å². The van der Waals surface area contributed by atoms with E-state index < -0.39 is 21.4 Å². The number of aliphatic hydroxyl groups excluding tert-OH is 1. The summed E-state index contributed by atoms with van der Waals surface area (Å²) < 4.78 is 39.7. The van der Waals surface area contributed by atoms with Gasteiger partial charge in [0.2, 0.25) is 0 Å². The predicted molar refractivity (Wildman–Crippen MR) is 129 cm³/mol. The maximum atomic E-state index is 12.6. The molecule has 3 aliphatic rings. The van der Waals surface area contributed by atoms with Gasteiger partial charge in [0.1, 0.15) is 5.60 Å². The van der Waals surface area contributed by atoms with Gasteiger partial charge in [0.15, 0.2) is 21.4 Å². The zero-order valence-electron chi connectivity index (χ0n) is 20.8. The zero-order chi connectivity index (χ0) is 25.5. The first kappa shape index (κ1) is 28.4. The molecule has 2 saturated heterocycles. The smallest absolute Gasteiger partial charge is 0.410 e. The minimum atomic E-state index is -3.39. The van der Waals surface area contributed by atoms with Crippen LogP contribution in [-0.2, 0) is 14.6 Å². The second-order valence-corrected chi connectivity index (χ2v) is 12.4. The van der Waals surface area contributed by atoms with Gasteiger partial charge in [-0.3, -0.25) is 0 Å². The Morgan fingerprint density at radius 2 is 1.56 bits per heavy atom. The average molecular weight is 502 g/mol. The molecule has 0 spiro atoms. The van der Waals surface area contributed by atoms with E-state index in [1.54, 1.807) is 0 Å². The Kier molecular flexibility index (Phi) is 10.2. The average Bonchev–Trinajstić information content (AvgIpc) is 2.99. The van der Waals surface area contributed by atoms with E-state index in [0.29, 0.717) is 12.1 Å². The number of phenolic OH excluding ortho intramolecular Hbond substituents is 1. The molecule has 7 nitrogen and oxygen atoms in total. The summed E-state index contributed by atoms with van der Waals surface area (Å²) in [6, 6.07) is 3.85. The Balaban J connectivity index is 0.000000192. The minimum absolute atomic E-state index is 0.0359. The first-order valence-electron chi connectivity index (χ1n) is 12.2. The molecule has 2 unspecified atom stereocenters. The van der Waals surface area contributed by atoms with Crippen LogP contribution in [0.2, 0.25) is 0 Å². The highest BCUT2D eigenvalue weighted by molar-refractivity contribution is 7.90. The number of halogens is 1. The number of carbonyl (C=O) groups excluding carboxylic acids is 1. The van der Waals surface area contributed by atoms with Crippen molar-refractivity contribution in [1.82, 2.24) is 4.90 Å². The minimum Gasteiger partial charge on any atom is -0.505 e. The van der Waals surface area contributed by atoms with Crippen LogP contribution in [0.25, 0.3) is 0 Å². The van der Waals surface area contributed by atoms with E-state index in [-0.39, 0.29) is 22.7 Å². The van der Waals surface area contributed by atoms with Gasteiger partial charge in [-0.05, 0) is 83.9 Å². The quantitative estimate of drug-likeness (QED) is 0.549. The molecule has 1 amide bonds. The van der Waals surface area contributed by atoms with Crippen molar-refractivity contribution in [2.24, 2.45) is 0 Å². The monoisotopic (exact) mass is 501 g/mol. The number of ether oxygens (including phenoxy) is 1. The van der Waals surface area contributed by atoms with Gasteiger partial charge in [0, 0.05) is 18.3 Å². The van der Waals surface area contributed by atoms with Gasteiger partial charge in [-0.1, -0.05) is 19.3 Å². The van der Waals surface area contributed by atoms with Crippen molar-refractivity contribution in [2.45, 2.75) is 114 Å². The van der Waals surface area contributed by atoms with Gasteiger partial charge in [0.05, 0.1) is 11.0 Å². The number of rotatable bonds is 1. The topological polar surface area (TPSA) is 104 Å². The predicted octanol–water partition coefficient (Wildman–Crippen LogP) is 5.18. The number of phenols is 1. The Morgan fingerprint density at radius 3 is 1.97 bits per heavy atom. The molecule has 2 aliphatic heterocycles. The van der Waals surface area contributed by atoms with E-state index in [1.165, 1.54) is 38.5 Å². The van der Waals surface area contributed by atoms with Crippen LogP contribution in [0, 0.1) is 5.82 Å². The number of sulfone groups is 1. The van der Waals surface area contributed by atoms with Gasteiger partial charge in [-0.2, -0.15) is 0 Å². The van der Waals surface area contributed by atoms with Crippen LogP contribution in [0.4, 0.5) is 9.18 Å². The summed E-state index contributed by atoms with van der Waals surface area (Å²) in [6.07, 6.45) is 12.7. The zero-order valence-corrected chi connectivity index (χ0v) is 21.6. The summed E-state index contributed by atoms with van der Waals surface area (Å²) in [4.78, 5) is 13.8. The first-order valence-corrected chi connectivity index (χ1v) is 14.0. The van der Waals surface area contributed by atoms with Crippen molar-refractivity contribution in [3.05, 3.63) is 24.0 Å². The number of amides is 1. The van der Waals surface area contributed by atoms with E-state index in [1.807, 2.05) is 25.7 Å². The second-order valence-electron chi connectivity index (χ2n) is 10.4. The molecular formula is C25H40FNO6S. The van der Waals surface area contributed by atoms with E-state index in [0.717, 1.165) is 50.1 Å². The molecule has 0 aromatic heterocycles. The standard InChI is InChI=1S/C12H21NO2.C7H7FO3S.C6H12O/c1-12(2,3)15-11(14)13-9-5-4-6-10(13)8-7-9;1-12(10,11)5-2-3-7(9)6(8)4-5;7-6-4-2-1-3-5-6/h9-10H,4-8H2,1-3H3;2-4,9H,1H3;6-7H,1-5H2. The number of fused-ring (bicyclic) bond motifs is 2. The van der Waals surface area contributed by atoms with Gasteiger partial charge in [-0.25, -0.2) is 17.6 Å². The first-order chi connectivity index (χ1) is 15.8. The summed E-state index contributed by atoms with van der Waals surface area (Å²) in [6.45, 7) is 5.78. The summed E-state index contributed by atoms with van der Waals surface area (Å²) in [5.74, 6) is -1.49. The summed E-state index contributed by atoms with van der Waals surface area (Å²) in [5.41, 5.74) is -0.367. The number of piperidine rings is 1. The van der Waals surface area contributed by atoms with Crippen molar-refractivity contribution in [3.63, 3.8) is 0 Å². The highest BCUT2D eigenvalue weighted by Gasteiger charge is 2.41. The molecule has 3 fully saturated rings. The molecule has 2 N–H and O–H groups in total. The van der Waals surface area contributed by atoms with Crippen molar-refractivity contribution in [3.8, 4) is 5.75 Å². The molecule has 9 heteroatoms. The maximum absolute atomic E-state index is 12.6. The Morgan fingerprint density at radius 1 is 1.00 bits per heavy atom. The van der Waals surface area contributed by atoms with Crippen LogP contribution in [0.3, 0.4) is 0 Å². The van der Waals surface area contributed by atoms with Crippen LogP contribution >= 0.6 is 0 Å². The number of benzene rings is 1. The Hall–Kier alpha value is -1.87. The summed E-state index contributed by atoms with van der Waals surface area (Å²) in [5, 5.41) is 17.6. The number of aromatic hydroxyl groups is 1. The van der Waals surface area contributed by atoms with Gasteiger partial charge in [-0.15, -0.1) is 0 Å². The molecule has 1 aromatic carbocycles. The largest absolute Gasteiger partial charge is 0.505 e. The third-order valence-corrected chi connectivity index (χ3v) is 7.33. The van der Waals surface area contributed by atoms with Crippen LogP contribution in [-0.4, -0.2) is 59.7 Å². The highest BCUT2D eigenvalue weighted by Crippen LogP contribution is 2.36. The van der Waals surface area contributed by atoms with Crippen LogP contribution in [0.5, 0.6) is 5.75 Å². The normalized spacial score (nSPS) is 22.7. The number of hydrogen-bond acceptors (Lipinski definition) is 6. The lowest BCUT2D eigenvalue weighted by atomic mass is 9.98. The van der Waals surface area contributed by atoms with Crippen molar-refractivity contribution in [2.75, 3.05) is 6.26 Å². The van der Waals surface area contributed by atoms with Crippen molar-refractivity contribution in [1.29, 1.82) is 0 Å². The van der Waals surface area contributed by atoms with Crippen LogP contribution in [0.1, 0.15) is 85.0 Å². The van der Waals surface area contributed by atoms with E-state index in [2.05, 4.69) is 0 Å². The lowest BCUT2D eigenvalue weighted by molar-refractivity contribution is 0.00782. The van der Waals surface area contributed by atoms with E-state index >= 15 is 0 Å². The molecule has 2 atom stereocenters. The van der Waals surface area contributed by atoms with Gasteiger partial charge in [0.25, 0.3) is 0 Å². The molecule has 0 radical (unpaired) electrons. The molecule has 4 rings (SSSR count). The fourth-order valence-corrected chi connectivity index (χ4v) is 5.16. The molecule has 2 heterocycles. The Labute approximate surface area is 203 Å². The lowest BCUT2D eigenvalue weighted by Gasteiger charge is -2.35. The third-order valence-electron chi connectivity index (χ3n) is 6.22. The molecule has 2 bridgehead atoms. The summed E-state index contributed by atoms with van der Waals surface area (Å²) >= 11 is 0. The maximum Gasteiger partial charge on any atom is 0.410 e. The third kappa shape index (κ3) is 9.06.